The van der Waals surface area contributed by atoms with E-state index in [4.69, 9.17) is 4.74 Å². The van der Waals surface area contributed by atoms with Gasteiger partial charge < -0.3 is 9.64 Å². The Kier molecular flexibility index (Phi) is 7.17. The van der Waals surface area contributed by atoms with Crippen LogP contribution in [0.15, 0.2) is 53.7 Å². The lowest BCUT2D eigenvalue weighted by molar-refractivity contribution is -0.129. The molecule has 2 aromatic rings. The summed E-state index contributed by atoms with van der Waals surface area (Å²) in [6.45, 7) is 2.87. The Balaban J connectivity index is 1.58. The van der Waals surface area contributed by atoms with E-state index in [9.17, 15) is 18.0 Å². The standard InChI is InChI=1S/C21H25N3O5S/c1-17(25)23-10-12-24(13-11-23)30(27,28)20-8-2-7-19(15-20)21(26)29-14-4-6-18-5-3-9-22-16-18/h2-3,5,7-9,15-16H,4,6,10-14H2,1H3. The number of pyridine rings is 1. The Morgan fingerprint density at radius 1 is 1.10 bits per heavy atom. The molecule has 1 aliphatic heterocycles. The fraction of sp³-hybridized carbons (Fsp3) is 0.381. The first kappa shape index (κ1) is 21.9. The van der Waals surface area contributed by atoms with E-state index in [2.05, 4.69) is 4.98 Å². The number of ether oxygens (including phenoxy) is 1. The van der Waals surface area contributed by atoms with Crippen molar-refractivity contribution in [3.05, 3.63) is 59.9 Å². The predicted molar refractivity (Wildman–Crippen MR) is 110 cm³/mol. The van der Waals surface area contributed by atoms with Crippen LogP contribution in [0.2, 0.25) is 0 Å². The van der Waals surface area contributed by atoms with Gasteiger partial charge in [-0.15, -0.1) is 0 Å². The fourth-order valence-corrected chi connectivity index (χ4v) is 4.72. The normalized spacial score (nSPS) is 15.0. The summed E-state index contributed by atoms with van der Waals surface area (Å²) in [5, 5.41) is 0. The van der Waals surface area contributed by atoms with Gasteiger partial charge in [0, 0.05) is 45.5 Å². The molecule has 3 rings (SSSR count). The van der Waals surface area contributed by atoms with Crippen molar-refractivity contribution >= 4 is 21.9 Å². The molecule has 0 unspecified atom stereocenters. The van der Waals surface area contributed by atoms with Crippen LogP contribution in [0.5, 0.6) is 0 Å². The highest BCUT2D eigenvalue weighted by Gasteiger charge is 2.29. The molecule has 2 heterocycles. The smallest absolute Gasteiger partial charge is 0.338 e. The Morgan fingerprint density at radius 3 is 2.53 bits per heavy atom. The predicted octanol–water partition coefficient (Wildman–Crippen LogP) is 1.72. The number of nitrogens with zero attached hydrogens (tertiary/aromatic N) is 3. The van der Waals surface area contributed by atoms with Crippen LogP contribution in [0.4, 0.5) is 0 Å². The Bertz CT molecular complexity index is 987. The first-order valence-corrected chi connectivity index (χ1v) is 11.2. The molecule has 1 aromatic heterocycles. The number of aromatic nitrogens is 1. The summed E-state index contributed by atoms with van der Waals surface area (Å²) in [6, 6.07) is 9.69. The molecule has 0 bridgehead atoms. The molecule has 160 valence electrons. The number of hydrogen-bond donors (Lipinski definition) is 0. The second-order valence-corrected chi connectivity index (χ2v) is 8.98. The van der Waals surface area contributed by atoms with Crippen molar-refractivity contribution in [3.8, 4) is 0 Å². The van der Waals surface area contributed by atoms with Crippen molar-refractivity contribution in [2.45, 2.75) is 24.7 Å². The zero-order chi connectivity index (χ0) is 21.6. The lowest BCUT2D eigenvalue weighted by Gasteiger charge is -2.33. The molecule has 1 amide bonds. The quantitative estimate of drug-likeness (QED) is 0.489. The van der Waals surface area contributed by atoms with Gasteiger partial charge in [0.1, 0.15) is 0 Å². The number of amides is 1. The molecule has 0 N–H and O–H groups in total. The van der Waals surface area contributed by atoms with Gasteiger partial charge >= 0.3 is 5.97 Å². The van der Waals surface area contributed by atoms with Gasteiger partial charge in [-0.05, 0) is 42.7 Å². The van der Waals surface area contributed by atoms with Crippen molar-refractivity contribution < 1.29 is 22.7 Å². The topological polar surface area (TPSA) is 96.9 Å². The average Bonchev–Trinajstić information content (AvgIpc) is 2.77. The summed E-state index contributed by atoms with van der Waals surface area (Å²) in [4.78, 5) is 29.5. The molecule has 0 spiro atoms. The zero-order valence-corrected chi connectivity index (χ0v) is 17.7. The fourth-order valence-electron chi connectivity index (χ4n) is 3.25. The van der Waals surface area contributed by atoms with E-state index >= 15 is 0 Å². The van der Waals surface area contributed by atoms with E-state index in [-0.39, 0.29) is 36.1 Å². The third-order valence-electron chi connectivity index (χ3n) is 4.96. The van der Waals surface area contributed by atoms with E-state index < -0.39 is 16.0 Å². The Hall–Kier alpha value is -2.78. The monoisotopic (exact) mass is 431 g/mol. The first-order chi connectivity index (χ1) is 14.4. The number of aryl methyl sites for hydroxylation is 1. The van der Waals surface area contributed by atoms with Crippen molar-refractivity contribution in [2.24, 2.45) is 0 Å². The summed E-state index contributed by atoms with van der Waals surface area (Å²) < 4.78 is 32.5. The number of piperazine rings is 1. The molecular weight excluding hydrogens is 406 g/mol. The van der Waals surface area contributed by atoms with Crippen LogP contribution in [0, 0.1) is 0 Å². The van der Waals surface area contributed by atoms with Gasteiger partial charge in [-0.3, -0.25) is 9.78 Å². The minimum atomic E-state index is -3.75. The molecule has 1 saturated heterocycles. The minimum absolute atomic E-state index is 0.0450. The Labute approximate surface area is 176 Å². The number of carbonyl (C=O) groups excluding carboxylic acids is 2. The van der Waals surface area contributed by atoms with Gasteiger partial charge in [0.25, 0.3) is 0 Å². The summed E-state index contributed by atoms with van der Waals surface area (Å²) in [5.41, 5.74) is 1.26. The van der Waals surface area contributed by atoms with Crippen molar-refractivity contribution in [2.75, 3.05) is 32.8 Å². The molecule has 1 aromatic carbocycles. The lowest BCUT2D eigenvalue weighted by atomic mass is 10.2. The molecule has 0 saturated carbocycles. The zero-order valence-electron chi connectivity index (χ0n) is 16.9. The maximum Gasteiger partial charge on any atom is 0.338 e. The summed E-state index contributed by atoms with van der Waals surface area (Å²) in [7, 11) is -3.75. The van der Waals surface area contributed by atoms with Crippen LogP contribution in [0.25, 0.3) is 0 Å². The van der Waals surface area contributed by atoms with Crippen LogP contribution in [0.3, 0.4) is 0 Å². The third kappa shape index (κ3) is 5.43. The molecule has 8 nitrogen and oxygen atoms in total. The van der Waals surface area contributed by atoms with Gasteiger partial charge in [-0.1, -0.05) is 12.1 Å². The Morgan fingerprint density at radius 2 is 1.87 bits per heavy atom. The highest BCUT2D eigenvalue weighted by molar-refractivity contribution is 7.89. The number of hydrogen-bond acceptors (Lipinski definition) is 6. The minimum Gasteiger partial charge on any atom is -0.462 e. The van der Waals surface area contributed by atoms with Crippen molar-refractivity contribution in [1.82, 2.24) is 14.2 Å². The number of sulfonamides is 1. The first-order valence-electron chi connectivity index (χ1n) is 9.79. The number of benzene rings is 1. The van der Waals surface area contributed by atoms with Gasteiger partial charge in [0.2, 0.25) is 15.9 Å². The maximum atomic E-state index is 12.9. The number of carbonyl (C=O) groups is 2. The SMILES string of the molecule is CC(=O)N1CCN(S(=O)(=O)c2cccc(C(=O)OCCCc3cccnc3)c2)CC1. The van der Waals surface area contributed by atoms with E-state index in [1.807, 2.05) is 12.1 Å². The van der Waals surface area contributed by atoms with Crippen LogP contribution < -0.4 is 0 Å². The second kappa shape index (κ2) is 9.82. The highest BCUT2D eigenvalue weighted by atomic mass is 32.2. The lowest BCUT2D eigenvalue weighted by Crippen LogP contribution is -2.49. The number of rotatable bonds is 7. The molecule has 0 radical (unpaired) electrons. The van der Waals surface area contributed by atoms with Gasteiger partial charge in [0.05, 0.1) is 17.1 Å². The van der Waals surface area contributed by atoms with Crippen LogP contribution in [-0.2, 0) is 26.0 Å². The molecule has 0 atom stereocenters. The summed E-state index contributed by atoms with van der Waals surface area (Å²) in [6.07, 6.45) is 4.86. The second-order valence-electron chi connectivity index (χ2n) is 7.04. The van der Waals surface area contributed by atoms with Crippen molar-refractivity contribution in [1.29, 1.82) is 0 Å². The van der Waals surface area contributed by atoms with Crippen molar-refractivity contribution in [3.63, 3.8) is 0 Å². The van der Waals surface area contributed by atoms with Gasteiger partial charge in [-0.2, -0.15) is 4.31 Å². The average molecular weight is 432 g/mol. The largest absolute Gasteiger partial charge is 0.462 e. The maximum absolute atomic E-state index is 12.9. The molecule has 30 heavy (non-hydrogen) atoms. The van der Waals surface area contributed by atoms with Gasteiger partial charge in [0.15, 0.2) is 0 Å². The molecular formula is C21H25N3O5S. The van der Waals surface area contributed by atoms with E-state index in [1.165, 1.54) is 35.5 Å². The number of esters is 1. The summed E-state index contributed by atoms with van der Waals surface area (Å²) in [5.74, 6) is -0.625. The van der Waals surface area contributed by atoms with Crippen LogP contribution in [-0.4, -0.2) is 67.3 Å². The molecule has 1 aliphatic rings. The van der Waals surface area contributed by atoms with Crippen LogP contribution in [0.1, 0.15) is 29.3 Å². The highest BCUT2D eigenvalue weighted by Crippen LogP contribution is 2.19. The van der Waals surface area contributed by atoms with Gasteiger partial charge in [-0.25, -0.2) is 13.2 Å². The van der Waals surface area contributed by atoms with E-state index in [1.54, 1.807) is 17.3 Å². The van der Waals surface area contributed by atoms with Crippen LogP contribution >= 0.6 is 0 Å². The van der Waals surface area contributed by atoms with E-state index in [0.29, 0.717) is 19.5 Å². The van der Waals surface area contributed by atoms with E-state index in [0.717, 1.165) is 12.0 Å². The molecule has 0 aliphatic carbocycles. The third-order valence-corrected chi connectivity index (χ3v) is 6.85. The molecule has 9 heteroatoms. The summed E-state index contributed by atoms with van der Waals surface area (Å²) >= 11 is 0. The molecule has 1 fully saturated rings.